The van der Waals surface area contributed by atoms with Crippen molar-refractivity contribution in [2.24, 2.45) is 0 Å². The summed E-state index contributed by atoms with van der Waals surface area (Å²) in [7, 11) is 3.08. The Labute approximate surface area is 173 Å². The number of aliphatic hydroxyl groups is 1. The second-order valence-corrected chi connectivity index (χ2v) is 7.31. The highest BCUT2D eigenvalue weighted by Crippen LogP contribution is 2.23. The molecule has 1 heterocycles. The lowest BCUT2D eigenvalue weighted by Crippen LogP contribution is -2.52. The first-order valence-electron chi connectivity index (χ1n) is 9.03. The van der Waals surface area contributed by atoms with Crippen LogP contribution >= 0.6 is 11.6 Å². The lowest BCUT2D eigenvalue weighted by Gasteiger charge is -2.25. The van der Waals surface area contributed by atoms with Gasteiger partial charge < -0.3 is 25.0 Å². The number of hydrogen-bond donors (Lipinski definition) is 3. The fourth-order valence-electron chi connectivity index (χ4n) is 2.96. The molecule has 29 heavy (non-hydrogen) atoms. The molecule has 2 aromatic carbocycles. The lowest BCUT2D eigenvalue weighted by molar-refractivity contribution is -0.138. The minimum atomic E-state index is -1.42. The van der Waals surface area contributed by atoms with E-state index in [-0.39, 0.29) is 12.3 Å². The van der Waals surface area contributed by atoms with Crippen LogP contribution in [0, 0.1) is 0 Å². The number of rotatable bonds is 6. The van der Waals surface area contributed by atoms with Gasteiger partial charge in [-0.15, -0.1) is 0 Å². The molecule has 2 amide bonds. The summed E-state index contributed by atoms with van der Waals surface area (Å²) in [5, 5.41) is 14.5. The molecule has 1 aromatic heterocycles. The normalized spacial score (nSPS) is 13.0. The van der Waals surface area contributed by atoms with Crippen molar-refractivity contribution in [3.05, 3.63) is 65.2 Å². The molecule has 3 rings (SSSR count). The van der Waals surface area contributed by atoms with Crippen molar-refractivity contribution in [1.82, 2.24) is 15.2 Å². The standard InChI is InChI=1S/C21H22ClN3O4/c1-25(2)20(27)19(26)17(10-13-6-4-3-5-7-13)24-21(28)29-18-12-14-11-15(22)8-9-16(14)23-18/h3-9,11-12,17,19,23,26H,10H2,1-2H3,(H,24,28)/t17-,19+/m0/s1. The molecule has 7 nitrogen and oxygen atoms in total. The number of hydrogen-bond acceptors (Lipinski definition) is 4. The maximum atomic E-state index is 12.4. The Bertz CT molecular complexity index is 1000. The number of likely N-dealkylation sites (N-methyl/N-ethyl adjacent to an activating group) is 1. The molecule has 0 unspecified atom stereocenters. The van der Waals surface area contributed by atoms with Crippen molar-refractivity contribution in [3.63, 3.8) is 0 Å². The first kappa shape index (κ1) is 20.7. The molecular weight excluding hydrogens is 394 g/mol. The van der Waals surface area contributed by atoms with E-state index in [2.05, 4.69) is 10.3 Å². The number of carbonyl (C=O) groups excluding carboxylic acids is 2. The molecule has 152 valence electrons. The number of nitrogens with one attached hydrogen (secondary N) is 2. The SMILES string of the molecule is CN(C)C(=O)[C@H](O)[C@H](Cc1ccccc1)NC(=O)Oc1cc2cc(Cl)ccc2[nH]1. The molecule has 8 heteroatoms. The van der Waals surface area contributed by atoms with Gasteiger partial charge in [-0.05, 0) is 30.2 Å². The van der Waals surface area contributed by atoms with E-state index in [1.807, 2.05) is 30.3 Å². The molecule has 0 spiro atoms. The quantitative estimate of drug-likeness (QED) is 0.576. The maximum Gasteiger partial charge on any atom is 0.414 e. The zero-order chi connectivity index (χ0) is 21.0. The second-order valence-electron chi connectivity index (χ2n) is 6.87. The van der Waals surface area contributed by atoms with E-state index in [0.29, 0.717) is 5.02 Å². The molecule has 0 saturated carbocycles. The highest BCUT2D eigenvalue weighted by molar-refractivity contribution is 6.31. The molecule has 2 atom stereocenters. The first-order valence-corrected chi connectivity index (χ1v) is 9.41. The summed E-state index contributed by atoms with van der Waals surface area (Å²) in [5.74, 6) is -0.280. The Kier molecular flexibility index (Phi) is 6.41. The Morgan fingerprint density at radius 1 is 1.17 bits per heavy atom. The molecular formula is C21H22ClN3O4. The van der Waals surface area contributed by atoms with E-state index in [1.54, 1.807) is 38.4 Å². The fraction of sp³-hybridized carbons (Fsp3) is 0.238. The van der Waals surface area contributed by atoms with E-state index >= 15 is 0 Å². The number of halogens is 1. The zero-order valence-electron chi connectivity index (χ0n) is 16.1. The van der Waals surface area contributed by atoms with E-state index in [4.69, 9.17) is 16.3 Å². The van der Waals surface area contributed by atoms with Gasteiger partial charge in [0.15, 0.2) is 6.10 Å². The smallest absolute Gasteiger partial charge is 0.393 e. The lowest BCUT2D eigenvalue weighted by atomic mass is 10.0. The number of amides is 2. The summed E-state index contributed by atoms with van der Waals surface area (Å²) in [6, 6.07) is 15.3. The van der Waals surface area contributed by atoms with Gasteiger partial charge in [0, 0.05) is 36.1 Å². The summed E-state index contributed by atoms with van der Waals surface area (Å²) in [5.41, 5.74) is 1.63. The van der Waals surface area contributed by atoms with Crippen LogP contribution in [0.25, 0.3) is 10.9 Å². The molecule has 3 aromatic rings. The predicted octanol–water partition coefficient (Wildman–Crippen LogP) is 2.97. The number of aromatic nitrogens is 1. The van der Waals surface area contributed by atoms with E-state index in [9.17, 15) is 14.7 Å². The van der Waals surface area contributed by atoms with Gasteiger partial charge in [0.05, 0.1) is 6.04 Å². The Morgan fingerprint density at radius 2 is 1.90 bits per heavy atom. The van der Waals surface area contributed by atoms with Crippen molar-refractivity contribution in [2.75, 3.05) is 14.1 Å². The number of carbonyl (C=O) groups is 2. The number of fused-ring (bicyclic) bond motifs is 1. The average Bonchev–Trinajstić information content (AvgIpc) is 3.08. The van der Waals surface area contributed by atoms with Gasteiger partial charge in [-0.3, -0.25) is 4.79 Å². The van der Waals surface area contributed by atoms with Crippen LogP contribution in [0.3, 0.4) is 0 Å². The van der Waals surface area contributed by atoms with Gasteiger partial charge in [0.1, 0.15) is 0 Å². The molecule has 0 aliphatic rings. The van der Waals surface area contributed by atoms with E-state index < -0.39 is 24.1 Å². The van der Waals surface area contributed by atoms with Gasteiger partial charge in [-0.25, -0.2) is 4.79 Å². The van der Waals surface area contributed by atoms with Gasteiger partial charge in [0.25, 0.3) is 5.91 Å². The predicted molar refractivity (Wildman–Crippen MR) is 111 cm³/mol. The monoisotopic (exact) mass is 415 g/mol. The first-order chi connectivity index (χ1) is 13.8. The molecule has 0 fully saturated rings. The highest BCUT2D eigenvalue weighted by Gasteiger charge is 2.29. The van der Waals surface area contributed by atoms with Crippen LogP contribution in [-0.2, 0) is 11.2 Å². The van der Waals surface area contributed by atoms with Crippen LogP contribution in [0.4, 0.5) is 4.79 Å². The van der Waals surface area contributed by atoms with Crippen molar-refractivity contribution >= 4 is 34.5 Å². The summed E-state index contributed by atoms with van der Waals surface area (Å²) < 4.78 is 5.31. The number of benzene rings is 2. The molecule has 3 N–H and O–H groups in total. The largest absolute Gasteiger partial charge is 0.414 e. The number of aliphatic hydroxyl groups excluding tert-OH is 1. The van der Waals surface area contributed by atoms with Crippen LogP contribution in [-0.4, -0.2) is 53.2 Å². The van der Waals surface area contributed by atoms with Crippen LogP contribution in [0.2, 0.25) is 5.02 Å². The molecule has 0 aliphatic carbocycles. The van der Waals surface area contributed by atoms with Crippen molar-refractivity contribution in [2.45, 2.75) is 18.6 Å². The molecule has 0 bridgehead atoms. The third-order valence-corrected chi connectivity index (χ3v) is 4.67. The number of aromatic amines is 1. The number of H-pyrrole nitrogens is 1. The third-order valence-electron chi connectivity index (χ3n) is 4.44. The maximum absolute atomic E-state index is 12.4. The topological polar surface area (TPSA) is 94.7 Å². The summed E-state index contributed by atoms with van der Waals surface area (Å²) >= 11 is 5.97. The Hall–Kier alpha value is -3.03. The number of nitrogens with zero attached hydrogens (tertiary/aromatic N) is 1. The van der Waals surface area contributed by atoms with Crippen LogP contribution in [0.1, 0.15) is 5.56 Å². The van der Waals surface area contributed by atoms with Gasteiger partial charge in [-0.1, -0.05) is 41.9 Å². The summed E-state index contributed by atoms with van der Waals surface area (Å²) in [4.78, 5) is 28.9. The van der Waals surface area contributed by atoms with E-state index in [0.717, 1.165) is 16.5 Å². The van der Waals surface area contributed by atoms with Crippen LogP contribution in [0.5, 0.6) is 5.88 Å². The van der Waals surface area contributed by atoms with Gasteiger partial charge >= 0.3 is 6.09 Å². The second kappa shape index (κ2) is 8.98. The molecule has 0 aliphatic heterocycles. The Balaban J connectivity index is 1.74. The third kappa shape index (κ3) is 5.28. The summed E-state index contributed by atoms with van der Waals surface area (Å²) in [6.07, 6.45) is -1.94. The molecule has 0 saturated heterocycles. The number of ether oxygens (including phenoxy) is 1. The van der Waals surface area contributed by atoms with Gasteiger partial charge in [0.2, 0.25) is 5.88 Å². The fourth-order valence-corrected chi connectivity index (χ4v) is 3.14. The Morgan fingerprint density at radius 3 is 2.59 bits per heavy atom. The minimum absolute atomic E-state index is 0.228. The molecule has 0 radical (unpaired) electrons. The van der Waals surface area contributed by atoms with Crippen molar-refractivity contribution < 1.29 is 19.4 Å². The summed E-state index contributed by atoms with van der Waals surface area (Å²) in [6.45, 7) is 0. The average molecular weight is 416 g/mol. The highest BCUT2D eigenvalue weighted by atomic mass is 35.5. The van der Waals surface area contributed by atoms with Gasteiger partial charge in [-0.2, -0.15) is 0 Å². The van der Waals surface area contributed by atoms with Crippen LogP contribution in [0.15, 0.2) is 54.6 Å². The van der Waals surface area contributed by atoms with Crippen molar-refractivity contribution in [1.29, 1.82) is 0 Å². The minimum Gasteiger partial charge on any atom is -0.393 e. The van der Waals surface area contributed by atoms with E-state index in [1.165, 1.54) is 4.90 Å². The zero-order valence-corrected chi connectivity index (χ0v) is 16.8. The van der Waals surface area contributed by atoms with Crippen LogP contribution < -0.4 is 10.1 Å². The van der Waals surface area contributed by atoms with Crippen molar-refractivity contribution in [3.8, 4) is 5.88 Å².